The monoisotopic (exact) mass is 391 g/mol. The Morgan fingerprint density at radius 3 is 2.67 bits per heavy atom. The Kier molecular flexibility index (Phi) is 4.38. The van der Waals surface area contributed by atoms with Crippen LogP contribution in [0.3, 0.4) is 0 Å². The first kappa shape index (κ1) is 12.8. The van der Waals surface area contributed by atoms with E-state index in [1.165, 1.54) is 0 Å². The van der Waals surface area contributed by atoms with Gasteiger partial charge in [0.2, 0.25) is 0 Å². The lowest BCUT2D eigenvalue weighted by Crippen LogP contribution is -2.09. The SMILES string of the molecule is O=C(O)c1cc(I)nc(CBr)c1C(F)F. The molecule has 0 aliphatic carbocycles. The van der Waals surface area contributed by atoms with E-state index in [-0.39, 0.29) is 16.6 Å². The summed E-state index contributed by atoms with van der Waals surface area (Å²) in [6, 6.07) is 1.14. The van der Waals surface area contributed by atoms with Gasteiger partial charge >= 0.3 is 5.97 Å². The molecular weight excluding hydrogens is 387 g/mol. The molecule has 0 bridgehead atoms. The van der Waals surface area contributed by atoms with E-state index < -0.39 is 18.0 Å². The van der Waals surface area contributed by atoms with Gasteiger partial charge in [0, 0.05) is 5.33 Å². The highest BCUT2D eigenvalue weighted by Crippen LogP contribution is 2.28. The minimum Gasteiger partial charge on any atom is -0.478 e. The number of pyridine rings is 1. The summed E-state index contributed by atoms with van der Waals surface area (Å²) in [5, 5.41) is 8.88. The number of hydrogen-bond acceptors (Lipinski definition) is 2. The van der Waals surface area contributed by atoms with Crippen LogP contribution in [-0.2, 0) is 5.33 Å². The topological polar surface area (TPSA) is 50.2 Å². The minimum absolute atomic E-state index is 0.0642. The number of halogens is 4. The molecule has 0 aromatic carbocycles. The third kappa shape index (κ3) is 2.83. The second kappa shape index (κ2) is 5.15. The van der Waals surface area contributed by atoms with Crippen molar-refractivity contribution in [3.05, 3.63) is 26.6 Å². The number of alkyl halides is 3. The van der Waals surface area contributed by atoms with Crippen LogP contribution in [0.4, 0.5) is 8.78 Å². The molecule has 82 valence electrons. The van der Waals surface area contributed by atoms with Crippen LogP contribution in [-0.4, -0.2) is 16.1 Å². The molecule has 15 heavy (non-hydrogen) atoms. The highest BCUT2D eigenvalue weighted by Gasteiger charge is 2.23. The molecule has 0 unspecified atom stereocenters. The summed E-state index contributed by atoms with van der Waals surface area (Å²) in [6.45, 7) is 0. The molecule has 3 nitrogen and oxygen atoms in total. The average Bonchev–Trinajstić information content (AvgIpc) is 2.15. The van der Waals surface area contributed by atoms with Crippen molar-refractivity contribution in [3.8, 4) is 0 Å². The highest BCUT2D eigenvalue weighted by molar-refractivity contribution is 14.1. The maximum atomic E-state index is 12.6. The quantitative estimate of drug-likeness (QED) is 0.489. The normalized spacial score (nSPS) is 10.7. The van der Waals surface area contributed by atoms with Crippen LogP contribution in [0.1, 0.15) is 28.0 Å². The molecule has 1 N–H and O–H groups in total. The van der Waals surface area contributed by atoms with E-state index in [0.717, 1.165) is 6.07 Å². The maximum Gasteiger partial charge on any atom is 0.336 e. The largest absolute Gasteiger partial charge is 0.478 e. The highest BCUT2D eigenvalue weighted by atomic mass is 127. The van der Waals surface area contributed by atoms with E-state index in [9.17, 15) is 13.6 Å². The Bertz CT molecular complexity index is 400. The standard InChI is InChI=1S/C8H5BrF2INO2/c9-2-4-6(7(10)11)3(8(14)15)1-5(12)13-4/h1,7H,2H2,(H,14,15). The van der Waals surface area contributed by atoms with Crippen molar-refractivity contribution >= 4 is 44.5 Å². The van der Waals surface area contributed by atoms with Crippen LogP contribution in [0, 0.1) is 3.70 Å². The van der Waals surface area contributed by atoms with Crippen molar-refractivity contribution in [1.82, 2.24) is 4.98 Å². The lowest BCUT2D eigenvalue weighted by Gasteiger charge is -2.09. The summed E-state index contributed by atoms with van der Waals surface area (Å²) in [5.74, 6) is -1.37. The first-order valence-corrected chi connectivity index (χ1v) is 5.94. The second-order valence-corrected chi connectivity index (χ2v) is 4.26. The van der Waals surface area contributed by atoms with E-state index in [2.05, 4.69) is 20.9 Å². The fourth-order valence-corrected chi connectivity index (χ4v) is 2.13. The Labute approximate surface area is 106 Å². The molecule has 0 spiro atoms. The predicted octanol–water partition coefficient (Wildman–Crippen LogP) is 3.22. The van der Waals surface area contributed by atoms with E-state index in [4.69, 9.17) is 5.11 Å². The van der Waals surface area contributed by atoms with Crippen molar-refractivity contribution in [3.63, 3.8) is 0 Å². The lowest BCUT2D eigenvalue weighted by molar-refractivity contribution is 0.0683. The second-order valence-electron chi connectivity index (χ2n) is 2.59. The molecule has 1 aromatic heterocycles. The predicted molar refractivity (Wildman–Crippen MR) is 61.5 cm³/mol. The number of hydrogen-bond donors (Lipinski definition) is 1. The van der Waals surface area contributed by atoms with Gasteiger partial charge in [-0.05, 0) is 28.7 Å². The molecule has 1 aromatic rings. The molecule has 0 atom stereocenters. The molecule has 0 fully saturated rings. The molecule has 0 radical (unpaired) electrons. The number of carboxylic acids is 1. The van der Waals surface area contributed by atoms with E-state index >= 15 is 0 Å². The molecule has 7 heteroatoms. The van der Waals surface area contributed by atoms with Gasteiger partial charge in [-0.3, -0.25) is 0 Å². The molecule has 1 heterocycles. The fraction of sp³-hybridized carbons (Fsp3) is 0.250. The van der Waals surface area contributed by atoms with Crippen LogP contribution < -0.4 is 0 Å². The first-order chi connectivity index (χ1) is 6.97. The van der Waals surface area contributed by atoms with Crippen LogP contribution >= 0.6 is 38.5 Å². The third-order valence-corrected chi connectivity index (χ3v) is 2.77. The zero-order chi connectivity index (χ0) is 11.6. The molecule has 0 aliphatic heterocycles. The van der Waals surface area contributed by atoms with Crippen molar-refractivity contribution in [1.29, 1.82) is 0 Å². The molecule has 0 aliphatic rings. The van der Waals surface area contributed by atoms with Crippen LogP contribution in [0.25, 0.3) is 0 Å². The zero-order valence-corrected chi connectivity index (χ0v) is 10.9. The summed E-state index contributed by atoms with van der Waals surface area (Å²) in [5.41, 5.74) is -0.840. The molecule has 0 amide bonds. The lowest BCUT2D eigenvalue weighted by atomic mass is 10.1. The van der Waals surface area contributed by atoms with Crippen LogP contribution in [0.2, 0.25) is 0 Å². The zero-order valence-electron chi connectivity index (χ0n) is 7.18. The van der Waals surface area contributed by atoms with Gasteiger partial charge in [0.15, 0.2) is 0 Å². The van der Waals surface area contributed by atoms with Gasteiger partial charge in [0.05, 0.1) is 16.8 Å². The average molecular weight is 392 g/mol. The number of carbonyl (C=O) groups is 1. The minimum atomic E-state index is -2.84. The van der Waals surface area contributed by atoms with Gasteiger partial charge in [-0.25, -0.2) is 18.6 Å². The summed E-state index contributed by atoms with van der Waals surface area (Å²) in [4.78, 5) is 14.6. The van der Waals surface area contributed by atoms with Gasteiger partial charge in [-0.1, -0.05) is 15.9 Å². The van der Waals surface area contributed by atoms with Gasteiger partial charge in [-0.15, -0.1) is 0 Å². The molecule has 0 saturated heterocycles. The summed E-state index contributed by atoms with van der Waals surface area (Å²) in [7, 11) is 0. The summed E-state index contributed by atoms with van der Waals surface area (Å²) < 4.78 is 25.7. The van der Waals surface area contributed by atoms with Gasteiger partial charge < -0.3 is 5.11 Å². The number of aromatic carboxylic acids is 1. The van der Waals surface area contributed by atoms with Crippen LogP contribution in [0.5, 0.6) is 0 Å². The van der Waals surface area contributed by atoms with Crippen molar-refractivity contribution in [2.75, 3.05) is 0 Å². The summed E-state index contributed by atoms with van der Waals surface area (Å²) in [6.07, 6.45) is -2.84. The third-order valence-electron chi connectivity index (χ3n) is 1.68. The van der Waals surface area contributed by atoms with E-state index in [0.29, 0.717) is 3.70 Å². The molecule has 1 rings (SSSR count). The maximum absolute atomic E-state index is 12.6. The van der Waals surface area contributed by atoms with Crippen molar-refractivity contribution in [2.45, 2.75) is 11.8 Å². The van der Waals surface area contributed by atoms with Gasteiger partial charge in [-0.2, -0.15) is 0 Å². The Balaban J connectivity index is 3.47. The van der Waals surface area contributed by atoms with E-state index in [1.807, 2.05) is 0 Å². The van der Waals surface area contributed by atoms with Gasteiger partial charge in [0.1, 0.15) is 3.70 Å². The smallest absolute Gasteiger partial charge is 0.336 e. The fourth-order valence-electron chi connectivity index (χ4n) is 1.10. The van der Waals surface area contributed by atoms with Crippen molar-refractivity contribution < 1.29 is 18.7 Å². The Morgan fingerprint density at radius 1 is 1.67 bits per heavy atom. The summed E-state index contributed by atoms with van der Waals surface area (Å²) >= 11 is 4.79. The number of carboxylic acid groups (broad SMARTS) is 1. The van der Waals surface area contributed by atoms with Crippen molar-refractivity contribution in [2.24, 2.45) is 0 Å². The van der Waals surface area contributed by atoms with Crippen LogP contribution in [0.15, 0.2) is 6.07 Å². The number of aromatic nitrogens is 1. The Morgan fingerprint density at radius 2 is 2.27 bits per heavy atom. The Hall–Kier alpha value is -0.310. The number of nitrogens with zero attached hydrogens (tertiary/aromatic N) is 1. The number of rotatable bonds is 3. The van der Waals surface area contributed by atoms with E-state index in [1.54, 1.807) is 22.6 Å². The first-order valence-electron chi connectivity index (χ1n) is 3.74. The molecular formula is C8H5BrF2INO2. The molecule has 0 saturated carbocycles. The van der Waals surface area contributed by atoms with Gasteiger partial charge in [0.25, 0.3) is 6.43 Å².